The molecule has 1 fully saturated rings. The van der Waals surface area contributed by atoms with Crippen molar-refractivity contribution in [2.45, 2.75) is 158 Å². The van der Waals surface area contributed by atoms with Crippen molar-refractivity contribution in [3.63, 3.8) is 0 Å². The number of fused-ring (bicyclic) bond motifs is 1. The fourth-order valence-corrected chi connectivity index (χ4v) is 12.1. The first-order valence-electron chi connectivity index (χ1n) is 33.8. The van der Waals surface area contributed by atoms with E-state index in [1.54, 1.807) is 67.7 Å². The van der Waals surface area contributed by atoms with E-state index in [0.29, 0.717) is 28.2 Å². The summed E-state index contributed by atoms with van der Waals surface area (Å²) >= 11 is 0. The summed E-state index contributed by atoms with van der Waals surface area (Å²) in [6, 6.07) is 5.84. The number of nitrogens with zero attached hydrogens (tertiary/aromatic N) is 6. The molecule has 2 aromatic heterocycles. The van der Waals surface area contributed by atoms with Gasteiger partial charge in [0.2, 0.25) is 63.2 Å². The molecule has 0 radical (unpaired) electrons. The zero-order valence-electron chi connectivity index (χ0n) is 59.1. The van der Waals surface area contributed by atoms with Gasteiger partial charge in [-0.3, -0.25) is 52.6 Å². The number of nitrogens with two attached hydrogens (primary N) is 6. The predicted molar refractivity (Wildman–Crippen MR) is 384 cm³/mol. The second-order valence-electron chi connectivity index (χ2n) is 25.9. The molecule has 11 atom stereocenters. The monoisotopic (exact) mass is 1450 g/mol. The lowest BCUT2D eigenvalue weighted by Gasteiger charge is -2.28. The van der Waals surface area contributed by atoms with Crippen LogP contribution in [-0.2, 0) is 71.4 Å². The number of hydrogen-bond acceptors (Lipinski definition) is 23. The van der Waals surface area contributed by atoms with Gasteiger partial charge in [-0.25, -0.2) is 23.4 Å². The number of carbonyl (C=O) groups is 10. The highest BCUT2D eigenvalue weighted by molar-refractivity contribution is 7.89. The SMILES string of the molecule is Cc1ccc(N(C(=O)/C=C/c2ccc(C[C@H]3NC(=O)C(CCN)NC(=O)C(NC(=O)[C@@H](CCN)NC(=O)[C@@H](N)[C@@H](C)O)CCNC(=O)[C@@H]([C@@H](C)O)NC(=O)[C@@H](CCN)NC(=O)[C@@H](CCN)CC(=O)[C@@H](CC(C)C)NC3=O)cc2)c2nccc(N(C)c3ccc4c(C)n(C)nc4c3)n2)cc1S(N)(=O)=O. The summed E-state index contributed by atoms with van der Waals surface area (Å²) in [7, 11) is -0.692. The van der Waals surface area contributed by atoms with E-state index in [1.807, 2.05) is 32.2 Å². The Morgan fingerprint density at radius 1 is 0.738 bits per heavy atom. The molecule has 1 saturated heterocycles. The van der Waals surface area contributed by atoms with E-state index in [4.69, 9.17) is 38.8 Å². The van der Waals surface area contributed by atoms with Crippen molar-refractivity contribution in [2.24, 2.45) is 52.7 Å². The first-order chi connectivity index (χ1) is 48.7. The van der Waals surface area contributed by atoms with E-state index in [0.717, 1.165) is 21.5 Å². The fraction of sp³-hybridized carbons (Fsp3) is 0.485. The average Bonchev–Trinajstić information content (AvgIpc) is 1.47. The van der Waals surface area contributed by atoms with Crippen molar-refractivity contribution in [3.05, 3.63) is 101 Å². The number of primary sulfonamides is 1. The van der Waals surface area contributed by atoms with E-state index in [1.165, 1.54) is 50.4 Å². The van der Waals surface area contributed by atoms with Gasteiger partial charge in [-0.2, -0.15) is 10.1 Å². The molecule has 3 aromatic carbocycles. The Bertz CT molecular complexity index is 4000. The van der Waals surface area contributed by atoms with Gasteiger partial charge in [0.05, 0.1) is 34.3 Å². The van der Waals surface area contributed by atoms with Crippen molar-refractivity contribution in [1.82, 2.24) is 62.3 Å². The van der Waals surface area contributed by atoms with E-state index in [9.17, 15) is 66.6 Å². The number of aliphatic hydroxyl groups excluding tert-OH is 2. The van der Waals surface area contributed by atoms with Crippen LogP contribution in [0.25, 0.3) is 17.0 Å². The quantitative estimate of drug-likeness (QED) is 0.0265. The third kappa shape index (κ3) is 22.9. The minimum atomic E-state index is -4.30. The topological polar surface area (TPSA) is 548 Å². The average molecular weight is 1450 g/mol. The summed E-state index contributed by atoms with van der Waals surface area (Å²) in [5.74, 6) is -10.1. The number of carbonyl (C=O) groups excluding carboxylic acids is 10. The van der Waals surface area contributed by atoms with Crippen molar-refractivity contribution in [2.75, 3.05) is 49.6 Å². The molecule has 5 aromatic rings. The molecule has 22 N–H and O–H groups in total. The van der Waals surface area contributed by atoms with Crippen LogP contribution in [0.2, 0.25) is 0 Å². The lowest BCUT2D eigenvalue weighted by molar-refractivity contribution is -0.136. The molecule has 9 amide bonds. The summed E-state index contributed by atoms with van der Waals surface area (Å²) in [5, 5.41) is 52.6. The number of aryl methyl sites for hydroxylation is 3. The van der Waals surface area contributed by atoms with Gasteiger partial charge in [0, 0.05) is 68.4 Å². The number of ketones is 1. The van der Waals surface area contributed by atoms with Crippen LogP contribution in [-0.4, -0.2) is 198 Å². The largest absolute Gasteiger partial charge is 0.391 e. The minimum absolute atomic E-state index is 0.0251. The van der Waals surface area contributed by atoms with Crippen molar-refractivity contribution in [3.8, 4) is 0 Å². The van der Waals surface area contributed by atoms with Crippen LogP contribution >= 0.6 is 0 Å². The van der Waals surface area contributed by atoms with Crippen molar-refractivity contribution >= 4 is 109 Å². The van der Waals surface area contributed by atoms with Crippen LogP contribution in [0.5, 0.6) is 0 Å². The Hall–Kier alpha value is -9.72. The highest BCUT2D eigenvalue weighted by Crippen LogP contribution is 2.32. The number of hydrogen-bond donors (Lipinski definition) is 16. The maximum absolute atomic E-state index is 15.0. The molecule has 2 unspecified atom stereocenters. The summed E-state index contributed by atoms with van der Waals surface area (Å²) < 4.78 is 27.5. The van der Waals surface area contributed by atoms with Crippen LogP contribution in [0, 0.1) is 25.7 Å². The van der Waals surface area contributed by atoms with Crippen molar-refractivity contribution in [1.29, 1.82) is 0 Å². The van der Waals surface area contributed by atoms with Crippen LogP contribution in [0.3, 0.4) is 0 Å². The lowest BCUT2D eigenvalue weighted by Crippen LogP contribution is -2.60. The number of Topliss-reactive ketones (excluding diaryl/α,β-unsaturated/α-hetero) is 1. The van der Waals surface area contributed by atoms with E-state index < -0.39 is 155 Å². The van der Waals surface area contributed by atoms with Crippen molar-refractivity contribution < 1.29 is 66.6 Å². The second kappa shape index (κ2) is 38.0. The third-order valence-corrected chi connectivity index (χ3v) is 18.4. The molecule has 0 bridgehead atoms. The smallest absolute Gasteiger partial charge is 0.257 e. The number of aliphatic hydroxyl groups is 2. The van der Waals surface area contributed by atoms with E-state index in [-0.39, 0.29) is 87.2 Å². The molecule has 0 aliphatic carbocycles. The van der Waals surface area contributed by atoms with Crippen LogP contribution < -0.4 is 86.1 Å². The maximum Gasteiger partial charge on any atom is 0.257 e. The molecule has 1 aliphatic heterocycles. The predicted octanol–water partition coefficient (Wildman–Crippen LogP) is -2.66. The Balaban J connectivity index is 1.39. The van der Waals surface area contributed by atoms with Gasteiger partial charge >= 0.3 is 0 Å². The summed E-state index contributed by atoms with van der Waals surface area (Å²) in [6.07, 6.45) is -0.761. The molecule has 0 spiro atoms. The number of anilines is 4. The van der Waals surface area contributed by atoms with Gasteiger partial charge in [0.25, 0.3) is 5.91 Å². The molecule has 3 heterocycles. The van der Waals surface area contributed by atoms with E-state index >= 15 is 0 Å². The highest BCUT2D eigenvalue weighted by Gasteiger charge is 2.37. The Morgan fingerprint density at radius 3 is 1.96 bits per heavy atom. The van der Waals surface area contributed by atoms with Gasteiger partial charge in [-0.05, 0) is 157 Å². The first kappa shape index (κ1) is 82.2. The Kier molecular flexibility index (Phi) is 30.3. The first-order valence-corrected chi connectivity index (χ1v) is 35.3. The lowest BCUT2D eigenvalue weighted by atomic mass is 9.90. The molecule has 0 saturated carbocycles. The Morgan fingerprint density at radius 2 is 1.35 bits per heavy atom. The zero-order chi connectivity index (χ0) is 76.2. The molecular formula is C68H98N20O14S. The normalized spacial score (nSPS) is 20.7. The molecule has 103 heavy (non-hydrogen) atoms. The van der Waals surface area contributed by atoms with Gasteiger partial charge in [-0.1, -0.05) is 44.2 Å². The van der Waals surface area contributed by atoms with E-state index in [2.05, 4.69) is 52.6 Å². The van der Waals surface area contributed by atoms with Gasteiger partial charge in [0.1, 0.15) is 48.1 Å². The van der Waals surface area contributed by atoms with Crippen LogP contribution in [0.1, 0.15) is 95.0 Å². The molecular weight excluding hydrogens is 1350 g/mol. The van der Waals surface area contributed by atoms with Gasteiger partial charge < -0.3 is 86.3 Å². The molecule has 34 nitrogen and oxygen atoms in total. The standard InChI is InChI=1S/C68H98N20O14S/c1-36(2)31-52-54(91)33-43(19-25-69)60(93)77-49(22-28-72)64(97)84-59(40(6)90)67(100)75-29-23-50(79-61(94)48(21-27-71)80-66(99)58(73)39(5)89)63(96)78-47(20-26-70)62(95)82-53(65(98)81-52)32-42-12-10-41(11-13-42)14-18-57(92)88(45-15-9-37(3)55(35-45)103(74,101)102)68-76-30-24-56(83-68)86(7)44-16-17-46-38(4)87(8)85-51(46)34-44/h9-18,24,30,34-36,39-40,43,47-50,52-53,58-59,89-90H,19-23,25-29,31-33,69-73H2,1-8H3,(H,75,100)(H,77,93)(H,78,96)(H,79,94)(H,80,99)(H,81,98)(H,82,95)(H,84,97)(H2,74,101,102)/b18-14+/t39-,40-,43+,47?,48-,49-,50?,52-,53-,58+,59-/m1/s1. The maximum atomic E-state index is 15.0. The Labute approximate surface area is 597 Å². The molecule has 1 aliphatic rings. The number of benzene rings is 3. The number of amides is 9. The molecule has 6 rings (SSSR count). The molecule has 560 valence electrons. The van der Waals surface area contributed by atoms with Gasteiger partial charge in [-0.15, -0.1) is 0 Å². The zero-order valence-corrected chi connectivity index (χ0v) is 59.9. The number of nitrogens with one attached hydrogen (secondary N) is 8. The number of rotatable bonds is 25. The van der Waals surface area contributed by atoms with Gasteiger partial charge in [0.15, 0.2) is 5.78 Å². The van der Waals surface area contributed by atoms with Crippen LogP contribution in [0.4, 0.5) is 23.1 Å². The second-order valence-corrected chi connectivity index (χ2v) is 27.4. The highest BCUT2D eigenvalue weighted by atomic mass is 32.2. The summed E-state index contributed by atoms with van der Waals surface area (Å²) in [4.78, 5) is 155. The number of aromatic nitrogens is 4. The summed E-state index contributed by atoms with van der Waals surface area (Å²) in [6.45, 7) is 8.40. The minimum Gasteiger partial charge on any atom is -0.391 e. The molecule has 35 heteroatoms. The third-order valence-electron chi connectivity index (χ3n) is 17.4. The number of sulfonamides is 1. The van der Waals surface area contributed by atoms with Crippen LogP contribution in [0.15, 0.2) is 83.9 Å². The summed E-state index contributed by atoms with van der Waals surface area (Å²) in [5.41, 5.74) is 33.2. The fourth-order valence-electron chi connectivity index (χ4n) is 11.3.